The van der Waals surface area contributed by atoms with Crippen LogP contribution in [-0.4, -0.2) is 57.0 Å². The molecule has 6 nitrogen and oxygen atoms in total. The van der Waals surface area contributed by atoms with Crippen LogP contribution in [0.25, 0.3) is 0 Å². The fraction of sp³-hybridized carbons (Fsp3) is 0.368. The second-order valence-electron chi connectivity index (χ2n) is 6.72. The van der Waals surface area contributed by atoms with E-state index in [1.165, 1.54) is 16.4 Å². The molecule has 2 aromatic rings. The molecule has 2 heterocycles. The van der Waals surface area contributed by atoms with E-state index in [-0.39, 0.29) is 10.7 Å². The average Bonchev–Trinajstić information content (AvgIpc) is 2.70. The summed E-state index contributed by atoms with van der Waals surface area (Å²) in [5.74, 6) is 0.754. The number of sulfonamides is 1. The van der Waals surface area contributed by atoms with E-state index >= 15 is 0 Å². The molecule has 0 aliphatic carbocycles. The van der Waals surface area contributed by atoms with Gasteiger partial charge < -0.3 is 9.47 Å². The molecule has 0 saturated carbocycles. The van der Waals surface area contributed by atoms with Gasteiger partial charge in [-0.2, -0.15) is 4.31 Å². The molecule has 2 aliphatic heterocycles. The Balaban J connectivity index is 1.42. The van der Waals surface area contributed by atoms with Crippen molar-refractivity contribution in [2.45, 2.75) is 11.4 Å². The van der Waals surface area contributed by atoms with Crippen molar-refractivity contribution < 1.29 is 22.3 Å². The van der Waals surface area contributed by atoms with E-state index in [4.69, 9.17) is 9.47 Å². The third kappa shape index (κ3) is 4.03. The fourth-order valence-corrected chi connectivity index (χ4v) is 5.12. The number of halogens is 2. The first-order chi connectivity index (χ1) is 13.4. The highest BCUT2D eigenvalue weighted by molar-refractivity contribution is 9.10. The van der Waals surface area contributed by atoms with Gasteiger partial charge in [0.1, 0.15) is 19.0 Å². The van der Waals surface area contributed by atoms with Crippen molar-refractivity contribution in [3.05, 3.63) is 52.3 Å². The highest BCUT2D eigenvalue weighted by atomic mass is 79.9. The van der Waals surface area contributed by atoms with Gasteiger partial charge in [-0.05, 0) is 24.3 Å². The van der Waals surface area contributed by atoms with Crippen LogP contribution in [0.5, 0.6) is 11.5 Å². The Morgan fingerprint density at radius 3 is 2.39 bits per heavy atom. The summed E-state index contributed by atoms with van der Waals surface area (Å²) in [4.78, 5) is 2.26. The summed E-state index contributed by atoms with van der Waals surface area (Å²) in [6.45, 7) is 3.11. The van der Waals surface area contributed by atoms with Gasteiger partial charge in [0.25, 0.3) is 0 Å². The minimum absolute atomic E-state index is 0.198. The van der Waals surface area contributed by atoms with E-state index < -0.39 is 10.0 Å². The molecule has 0 atom stereocenters. The lowest BCUT2D eigenvalue weighted by Gasteiger charge is -2.34. The van der Waals surface area contributed by atoms with Crippen molar-refractivity contribution in [2.75, 3.05) is 39.4 Å². The van der Waals surface area contributed by atoms with Crippen LogP contribution in [0.3, 0.4) is 0 Å². The molecule has 28 heavy (non-hydrogen) atoms. The Morgan fingerprint density at radius 1 is 0.964 bits per heavy atom. The number of fused-ring (bicyclic) bond motifs is 1. The molecule has 4 rings (SSSR count). The summed E-state index contributed by atoms with van der Waals surface area (Å²) in [5, 5.41) is 0. The van der Waals surface area contributed by atoms with Crippen molar-refractivity contribution in [1.29, 1.82) is 0 Å². The van der Waals surface area contributed by atoms with Gasteiger partial charge in [-0.15, -0.1) is 0 Å². The normalized spacial score (nSPS) is 18.2. The topological polar surface area (TPSA) is 59.1 Å². The van der Waals surface area contributed by atoms with Gasteiger partial charge in [-0.25, -0.2) is 12.8 Å². The SMILES string of the molecule is O=S(=O)(c1ccc2c(c1)OCCO2)N1CCN(Cc2ccc(Br)cc2F)CC1. The van der Waals surface area contributed by atoms with Gasteiger partial charge in [0.2, 0.25) is 10.0 Å². The molecule has 1 fully saturated rings. The maximum absolute atomic E-state index is 14.0. The molecule has 0 N–H and O–H groups in total. The summed E-state index contributed by atoms with van der Waals surface area (Å²) in [6, 6.07) is 9.70. The average molecular weight is 471 g/mol. The van der Waals surface area contributed by atoms with Crippen LogP contribution < -0.4 is 9.47 Å². The van der Waals surface area contributed by atoms with Crippen molar-refractivity contribution >= 4 is 26.0 Å². The largest absolute Gasteiger partial charge is 0.486 e. The van der Waals surface area contributed by atoms with Gasteiger partial charge in [-0.1, -0.05) is 22.0 Å². The number of ether oxygens (including phenoxy) is 2. The maximum Gasteiger partial charge on any atom is 0.243 e. The van der Waals surface area contributed by atoms with Crippen molar-refractivity contribution in [2.24, 2.45) is 0 Å². The highest BCUT2D eigenvalue weighted by Crippen LogP contribution is 2.33. The summed E-state index contributed by atoms with van der Waals surface area (Å²) in [6.07, 6.45) is 0. The number of nitrogens with zero attached hydrogens (tertiary/aromatic N) is 2. The van der Waals surface area contributed by atoms with E-state index in [2.05, 4.69) is 20.8 Å². The van der Waals surface area contributed by atoms with Crippen LogP contribution in [0.2, 0.25) is 0 Å². The summed E-state index contributed by atoms with van der Waals surface area (Å²) in [7, 11) is -3.61. The maximum atomic E-state index is 14.0. The monoisotopic (exact) mass is 470 g/mol. The lowest BCUT2D eigenvalue weighted by molar-refractivity contribution is 0.170. The van der Waals surface area contributed by atoms with E-state index in [1.54, 1.807) is 24.3 Å². The Hall–Kier alpha value is -1.68. The Kier molecular flexibility index (Phi) is 5.59. The molecule has 0 radical (unpaired) electrons. The van der Waals surface area contributed by atoms with Crippen LogP contribution in [0.1, 0.15) is 5.56 Å². The molecule has 9 heteroatoms. The molecular weight excluding hydrogens is 451 g/mol. The molecule has 0 aromatic heterocycles. The minimum Gasteiger partial charge on any atom is -0.486 e. The van der Waals surface area contributed by atoms with Gasteiger partial charge in [0.15, 0.2) is 11.5 Å². The number of rotatable bonds is 4. The lowest BCUT2D eigenvalue weighted by Crippen LogP contribution is -2.48. The Bertz CT molecular complexity index is 978. The number of hydrogen-bond acceptors (Lipinski definition) is 5. The van der Waals surface area contributed by atoms with Gasteiger partial charge in [0, 0.05) is 48.8 Å². The number of piperazine rings is 1. The summed E-state index contributed by atoms with van der Waals surface area (Å²) >= 11 is 3.25. The van der Waals surface area contributed by atoms with Crippen LogP contribution in [0, 0.1) is 5.82 Å². The molecule has 2 aromatic carbocycles. The Labute approximate surface area is 172 Å². The van der Waals surface area contributed by atoms with Gasteiger partial charge >= 0.3 is 0 Å². The van der Waals surface area contributed by atoms with E-state index in [0.29, 0.717) is 67.5 Å². The molecule has 0 bridgehead atoms. The standard InChI is InChI=1S/C19H20BrFN2O4S/c20-15-2-1-14(17(21)11-15)13-22-5-7-23(8-6-22)28(24,25)16-3-4-18-19(12-16)27-10-9-26-18/h1-4,11-12H,5-10,13H2. The first-order valence-electron chi connectivity index (χ1n) is 8.99. The van der Waals surface area contributed by atoms with Crippen molar-refractivity contribution in [1.82, 2.24) is 9.21 Å². The van der Waals surface area contributed by atoms with Crippen LogP contribution >= 0.6 is 15.9 Å². The molecular formula is C19H20BrFN2O4S. The molecule has 0 unspecified atom stereocenters. The zero-order chi connectivity index (χ0) is 19.7. The zero-order valence-electron chi connectivity index (χ0n) is 15.1. The first kappa shape index (κ1) is 19.6. The predicted octanol–water partition coefficient (Wildman–Crippen LogP) is 2.87. The second-order valence-corrected chi connectivity index (χ2v) is 9.58. The number of benzene rings is 2. The van der Waals surface area contributed by atoms with E-state index in [1.807, 2.05) is 0 Å². The molecule has 150 valence electrons. The minimum atomic E-state index is -3.61. The third-order valence-corrected chi connectivity index (χ3v) is 7.28. The first-order valence-corrected chi connectivity index (χ1v) is 11.2. The van der Waals surface area contributed by atoms with E-state index in [9.17, 15) is 12.8 Å². The van der Waals surface area contributed by atoms with Crippen LogP contribution in [0.15, 0.2) is 45.8 Å². The third-order valence-electron chi connectivity index (χ3n) is 4.89. The smallest absolute Gasteiger partial charge is 0.243 e. The fourth-order valence-electron chi connectivity index (χ4n) is 3.35. The predicted molar refractivity (Wildman–Crippen MR) is 106 cm³/mol. The number of hydrogen-bond donors (Lipinski definition) is 0. The van der Waals surface area contributed by atoms with Gasteiger partial charge in [0.05, 0.1) is 4.90 Å². The van der Waals surface area contributed by atoms with Crippen LogP contribution in [0.4, 0.5) is 4.39 Å². The molecule has 0 amide bonds. The second kappa shape index (κ2) is 7.98. The summed E-state index contributed by atoms with van der Waals surface area (Å²) < 4.78 is 53.1. The lowest BCUT2D eigenvalue weighted by atomic mass is 10.2. The Morgan fingerprint density at radius 2 is 1.68 bits per heavy atom. The van der Waals surface area contributed by atoms with Gasteiger partial charge in [-0.3, -0.25) is 4.90 Å². The van der Waals surface area contributed by atoms with Crippen molar-refractivity contribution in [3.63, 3.8) is 0 Å². The van der Waals surface area contributed by atoms with Crippen molar-refractivity contribution in [3.8, 4) is 11.5 Å². The molecule has 0 spiro atoms. The highest BCUT2D eigenvalue weighted by Gasteiger charge is 2.30. The van der Waals surface area contributed by atoms with Crippen LogP contribution in [-0.2, 0) is 16.6 Å². The summed E-state index contributed by atoms with van der Waals surface area (Å²) in [5.41, 5.74) is 0.603. The quantitative estimate of drug-likeness (QED) is 0.687. The molecule has 1 saturated heterocycles. The van der Waals surface area contributed by atoms with E-state index in [0.717, 1.165) is 0 Å². The zero-order valence-corrected chi connectivity index (χ0v) is 17.5. The molecule has 2 aliphatic rings.